The van der Waals surface area contributed by atoms with Crippen molar-refractivity contribution in [2.75, 3.05) is 13.2 Å². The minimum atomic E-state index is -1.91. The van der Waals surface area contributed by atoms with Crippen LogP contribution in [0.1, 0.15) is 213 Å². The van der Waals surface area contributed by atoms with Gasteiger partial charge >= 0.3 is 23.9 Å². The minimum absolute atomic E-state index is 0.0545. The third kappa shape index (κ3) is 35.8. The molecule has 3 N–H and O–H groups in total. The van der Waals surface area contributed by atoms with Gasteiger partial charge < -0.3 is 39.0 Å². The van der Waals surface area contributed by atoms with Crippen LogP contribution in [0.25, 0.3) is 0 Å². The zero-order chi connectivity index (χ0) is 50.4. The topological polar surface area (TPSA) is 175 Å². The fourth-order valence-corrected chi connectivity index (χ4v) is 7.69. The Hall–Kier alpha value is -3.84. The first kappa shape index (κ1) is 63.2. The van der Waals surface area contributed by atoms with E-state index < -0.39 is 67.3 Å². The summed E-state index contributed by atoms with van der Waals surface area (Å²) in [6, 6.07) is 0. The molecule has 0 spiro atoms. The number of unbranched alkanes of at least 4 members (excludes halogenated alkanes) is 18. The minimum Gasteiger partial charge on any atom is -0.479 e. The largest absolute Gasteiger partial charge is 0.479 e. The molecular weight excluding hydrogens is 877 g/mol. The van der Waals surface area contributed by atoms with Crippen LogP contribution in [0.15, 0.2) is 72.9 Å². The predicted molar refractivity (Wildman–Crippen MR) is 275 cm³/mol. The second kappa shape index (κ2) is 45.3. The van der Waals surface area contributed by atoms with Gasteiger partial charge in [0.15, 0.2) is 24.6 Å². The van der Waals surface area contributed by atoms with Crippen molar-refractivity contribution in [3.05, 3.63) is 72.9 Å². The maximum absolute atomic E-state index is 13.1. The summed E-state index contributed by atoms with van der Waals surface area (Å²) in [6.45, 7) is 5.68. The van der Waals surface area contributed by atoms with Gasteiger partial charge in [0.25, 0.3) is 0 Å². The standard InChI is InChI=1S/C57H94O12/c1-4-7-10-13-16-19-22-25-28-31-34-37-40-43-49(58)65-46-48(67-50(59)44-41-38-35-32-29-26-23-20-17-14-11-8-5-2)47-66-57-55(53(62)52(61)54(69-57)56(63)64)68-51(60)45-42-39-36-33-30-27-24-21-18-15-12-9-6-3/h7-8,10-11,16-17,19-20,25-26,28-29,48,52-55,57,61-62H,4-6,9,12-15,18,21-24,27,30-47H2,1-3H3,(H,63,64)/b10-7-,11-8-,19-16-,20-17-,28-25-,29-26-. The van der Waals surface area contributed by atoms with Gasteiger partial charge in [0.2, 0.25) is 0 Å². The summed E-state index contributed by atoms with van der Waals surface area (Å²) in [5.41, 5.74) is 0. The number of hydrogen-bond donors (Lipinski definition) is 3. The average molecular weight is 971 g/mol. The van der Waals surface area contributed by atoms with Crippen LogP contribution in [0.4, 0.5) is 0 Å². The molecule has 1 saturated heterocycles. The molecule has 1 rings (SSSR count). The van der Waals surface area contributed by atoms with Gasteiger partial charge in [-0.15, -0.1) is 0 Å². The van der Waals surface area contributed by atoms with E-state index in [2.05, 4.69) is 93.7 Å². The summed E-state index contributed by atoms with van der Waals surface area (Å²) in [4.78, 5) is 50.9. The molecule has 6 atom stereocenters. The maximum Gasteiger partial charge on any atom is 0.335 e. The van der Waals surface area contributed by atoms with Crippen molar-refractivity contribution in [3.8, 4) is 0 Å². The second-order valence-corrected chi connectivity index (χ2v) is 18.1. The van der Waals surface area contributed by atoms with Crippen molar-refractivity contribution < 1.29 is 58.2 Å². The van der Waals surface area contributed by atoms with E-state index in [1.807, 2.05) is 0 Å². The molecule has 1 aliphatic rings. The predicted octanol–water partition coefficient (Wildman–Crippen LogP) is 13.0. The van der Waals surface area contributed by atoms with Crippen molar-refractivity contribution in [3.63, 3.8) is 0 Å². The maximum atomic E-state index is 13.1. The normalized spacial score (nSPS) is 19.2. The number of aliphatic hydroxyl groups is 2. The molecule has 6 unspecified atom stereocenters. The van der Waals surface area contributed by atoms with E-state index in [0.717, 1.165) is 103 Å². The lowest BCUT2D eigenvalue weighted by molar-refractivity contribution is -0.301. The first-order valence-corrected chi connectivity index (χ1v) is 26.9. The van der Waals surface area contributed by atoms with E-state index in [4.69, 9.17) is 23.7 Å². The van der Waals surface area contributed by atoms with E-state index >= 15 is 0 Å². The zero-order valence-corrected chi connectivity index (χ0v) is 43.0. The fourth-order valence-electron chi connectivity index (χ4n) is 7.69. The third-order valence-corrected chi connectivity index (χ3v) is 11.8. The summed E-state index contributed by atoms with van der Waals surface area (Å²) in [5.74, 6) is -3.20. The van der Waals surface area contributed by atoms with Crippen molar-refractivity contribution >= 4 is 23.9 Å². The summed E-state index contributed by atoms with van der Waals surface area (Å²) >= 11 is 0. The Labute approximate surface area is 417 Å². The lowest BCUT2D eigenvalue weighted by Crippen LogP contribution is -2.61. The molecule has 0 amide bonds. The molecule has 1 fully saturated rings. The number of aliphatic hydroxyl groups excluding tert-OH is 2. The van der Waals surface area contributed by atoms with Crippen molar-refractivity contribution in [1.82, 2.24) is 0 Å². The van der Waals surface area contributed by atoms with Crippen LogP contribution in [-0.2, 0) is 42.9 Å². The van der Waals surface area contributed by atoms with Gasteiger partial charge in [-0.3, -0.25) is 14.4 Å². The average Bonchev–Trinajstić information content (AvgIpc) is 3.33. The van der Waals surface area contributed by atoms with Gasteiger partial charge in [-0.05, 0) is 83.5 Å². The smallest absolute Gasteiger partial charge is 0.335 e. The Morgan fingerprint density at radius 2 is 0.913 bits per heavy atom. The number of carbonyl (C=O) groups excluding carboxylic acids is 3. The zero-order valence-electron chi connectivity index (χ0n) is 43.0. The molecule has 0 bridgehead atoms. The highest BCUT2D eigenvalue weighted by Crippen LogP contribution is 2.26. The van der Waals surface area contributed by atoms with Crippen LogP contribution < -0.4 is 0 Å². The number of allylic oxidation sites excluding steroid dienone is 12. The molecule has 394 valence electrons. The Morgan fingerprint density at radius 3 is 1.39 bits per heavy atom. The molecule has 0 aliphatic carbocycles. The first-order valence-electron chi connectivity index (χ1n) is 26.9. The number of carboxylic acids is 1. The summed E-state index contributed by atoms with van der Waals surface area (Å²) in [7, 11) is 0. The number of rotatable bonds is 44. The number of carboxylic acid groups (broad SMARTS) is 1. The summed E-state index contributed by atoms with van der Waals surface area (Å²) in [6.07, 6.45) is 43.2. The van der Waals surface area contributed by atoms with Gasteiger partial charge in [-0.2, -0.15) is 0 Å². The highest BCUT2D eigenvalue weighted by molar-refractivity contribution is 5.74. The second-order valence-electron chi connectivity index (χ2n) is 18.1. The molecule has 0 saturated carbocycles. The van der Waals surface area contributed by atoms with Crippen LogP contribution in [0, 0.1) is 0 Å². The SMILES string of the molecule is CC/C=C\C/C=C\C/C=C\CCCCCC(=O)OCC(COC1OC(C(=O)O)C(O)C(O)C1OC(=O)CCCCCCCCCCCCCCC)OC(=O)CCCCC/C=C\C/C=C\C/C=C\CC. The van der Waals surface area contributed by atoms with Gasteiger partial charge in [-0.1, -0.05) is 184 Å². The molecule has 1 heterocycles. The molecule has 12 heteroatoms. The highest BCUT2D eigenvalue weighted by Gasteiger charge is 2.50. The summed E-state index contributed by atoms with van der Waals surface area (Å²) in [5, 5.41) is 31.4. The van der Waals surface area contributed by atoms with Crippen molar-refractivity contribution in [1.29, 1.82) is 0 Å². The van der Waals surface area contributed by atoms with Gasteiger partial charge in [0.05, 0.1) is 6.61 Å². The van der Waals surface area contributed by atoms with E-state index in [0.29, 0.717) is 19.3 Å². The fraction of sp³-hybridized carbons (Fsp3) is 0.719. The highest BCUT2D eigenvalue weighted by atomic mass is 16.7. The molecule has 0 aromatic carbocycles. The van der Waals surface area contributed by atoms with Crippen LogP contribution >= 0.6 is 0 Å². The molecule has 12 nitrogen and oxygen atoms in total. The van der Waals surface area contributed by atoms with Gasteiger partial charge in [0, 0.05) is 19.3 Å². The Bertz CT molecular complexity index is 1480. The van der Waals surface area contributed by atoms with E-state index in [-0.39, 0.29) is 25.9 Å². The van der Waals surface area contributed by atoms with Crippen molar-refractivity contribution in [2.45, 2.75) is 250 Å². The number of aliphatic carboxylic acids is 1. The molecule has 69 heavy (non-hydrogen) atoms. The van der Waals surface area contributed by atoms with E-state index in [1.54, 1.807) is 0 Å². The monoisotopic (exact) mass is 971 g/mol. The van der Waals surface area contributed by atoms with Crippen LogP contribution in [0.2, 0.25) is 0 Å². The van der Waals surface area contributed by atoms with Crippen LogP contribution in [-0.4, -0.2) is 89.2 Å². The number of carbonyl (C=O) groups is 4. The third-order valence-electron chi connectivity index (χ3n) is 11.8. The number of esters is 3. The summed E-state index contributed by atoms with van der Waals surface area (Å²) < 4.78 is 28.3. The lowest BCUT2D eigenvalue weighted by Gasteiger charge is -2.40. The van der Waals surface area contributed by atoms with E-state index in [1.165, 1.54) is 51.4 Å². The lowest BCUT2D eigenvalue weighted by atomic mass is 9.98. The Balaban J connectivity index is 2.76. The quantitative estimate of drug-likeness (QED) is 0.0228. The van der Waals surface area contributed by atoms with Crippen LogP contribution in [0.3, 0.4) is 0 Å². The molecule has 1 aliphatic heterocycles. The van der Waals surface area contributed by atoms with Crippen LogP contribution in [0.5, 0.6) is 0 Å². The number of hydrogen-bond acceptors (Lipinski definition) is 11. The molecule has 0 aromatic rings. The van der Waals surface area contributed by atoms with Gasteiger partial charge in [0.1, 0.15) is 18.8 Å². The first-order chi connectivity index (χ1) is 33.6. The van der Waals surface area contributed by atoms with E-state index in [9.17, 15) is 34.5 Å². The van der Waals surface area contributed by atoms with Gasteiger partial charge in [-0.25, -0.2) is 4.79 Å². The molecule has 0 radical (unpaired) electrons. The molecular formula is C57H94O12. The Kier molecular flexibility index (Phi) is 41.5. The number of ether oxygens (including phenoxy) is 5. The molecule has 0 aromatic heterocycles. The Morgan fingerprint density at radius 1 is 0.493 bits per heavy atom. The van der Waals surface area contributed by atoms with Crippen molar-refractivity contribution in [2.24, 2.45) is 0 Å².